The van der Waals surface area contributed by atoms with Crippen molar-refractivity contribution in [3.8, 4) is 0 Å². The molecule has 2 atom stereocenters. The molecule has 2 amide bonds. The quantitative estimate of drug-likeness (QED) is 0.595. The highest BCUT2D eigenvalue weighted by Gasteiger charge is 2.28. The second-order valence-electron chi connectivity index (χ2n) is 6.32. The predicted molar refractivity (Wildman–Crippen MR) is 77.9 cm³/mol. The lowest BCUT2D eigenvalue weighted by Crippen LogP contribution is -2.50. The van der Waals surface area contributed by atoms with Gasteiger partial charge in [0, 0.05) is 6.04 Å². The number of urea groups is 1. The molecule has 0 aliphatic heterocycles. The van der Waals surface area contributed by atoms with E-state index in [1.807, 2.05) is 0 Å². The van der Waals surface area contributed by atoms with E-state index in [4.69, 9.17) is 5.11 Å². The van der Waals surface area contributed by atoms with Crippen molar-refractivity contribution in [2.24, 2.45) is 5.92 Å². The minimum atomic E-state index is -0.737. The van der Waals surface area contributed by atoms with Gasteiger partial charge in [0.05, 0.1) is 18.1 Å². The number of hydrogen-bond donors (Lipinski definition) is 4. The third kappa shape index (κ3) is 4.88. The molecule has 0 aromatic carbocycles. The Hall–Kier alpha value is -1.30. The number of nitrogens with one attached hydrogen (secondary N) is 2. The molecule has 6 heteroatoms. The van der Waals surface area contributed by atoms with E-state index >= 15 is 0 Å². The number of rotatable bonds is 3. The minimum absolute atomic E-state index is 0.0449. The molecule has 0 aromatic rings. The summed E-state index contributed by atoms with van der Waals surface area (Å²) in [5.74, 6) is -1.01. The number of aliphatic hydroxyl groups is 1. The van der Waals surface area contributed by atoms with Crippen molar-refractivity contribution in [3.63, 3.8) is 0 Å². The molecule has 120 valence electrons. The van der Waals surface area contributed by atoms with Crippen LogP contribution in [0.5, 0.6) is 0 Å². The Labute approximate surface area is 125 Å². The van der Waals surface area contributed by atoms with Crippen LogP contribution in [0.25, 0.3) is 0 Å². The van der Waals surface area contributed by atoms with Gasteiger partial charge in [-0.05, 0) is 38.5 Å². The summed E-state index contributed by atoms with van der Waals surface area (Å²) in [7, 11) is 0. The van der Waals surface area contributed by atoms with Crippen molar-refractivity contribution < 1.29 is 19.8 Å². The molecule has 0 bridgehead atoms. The molecule has 0 saturated heterocycles. The van der Waals surface area contributed by atoms with Gasteiger partial charge < -0.3 is 20.8 Å². The maximum Gasteiger partial charge on any atom is 0.315 e. The van der Waals surface area contributed by atoms with E-state index in [1.165, 1.54) is 0 Å². The number of carbonyl (C=O) groups is 2. The molecule has 2 rings (SSSR count). The zero-order valence-electron chi connectivity index (χ0n) is 12.4. The molecule has 2 fully saturated rings. The topological polar surface area (TPSA) is 98.7 Å². The third-order valence-electron chi connectivity index (χ3n) is 4.71. The molecule has 0 spiro atoms. The molecule has 2 saturated carbocycles. The fourth-order valence-corrected chi connectivity index (χ4v) is 3.34. The monoisotopic (exact) mass is 298 g/mol. The van der Waals surface area contributed by atoms with Gasteiger partial charge >= 0.3 is 12.0 Å². The lowest BCUT2D eigenvalue weighted by molar-refractivity contribution is -0.142. The van der Waals surface area contributed by atoms with Crippen LogP contribution >= 0.6 is 0 Å². The highest BCUT2D eigenvalue weighted by Crippen LogP contribution is 2.24. The average molecular weight is 298 g/mol. The molecular weight excluding hydrogens is 272 g/mol. The molecule has 0 heterocycles. The Morgan fingerprint density at radius 1 is 0.857 bits per heavy atom. The van der Waals surface area contributed by atoms with Crippen LogP contribution < -0.4 is 10.6 Å². The number of carbonyl (C=O) groups excluding carboxylic acids is 1. The van der Waals surface area contributed by atoms with Crippen molar-refractivity contribution in [2.75, 3.05) is 0 Å². The van der Waals surface area contributed by atoms with Gasteiger partial charge in [0.2, 0.25) is 0 Å². The van der Waals surface area contributed by atoms with Gasteiger partial charge in [-0.1, -0.05) is 19.3 Å². The Morgan fingerprint density at radius 2 is 1.52 bits per heavy atom. The van der Waals surface area contributed by atoms with Crippen LogP contribution in [-0.4, -0.2) is 40.4 Å². The largest absolute Gasteiger partial charge is 0.481 e. The SMILES string of the molecule is O=C(NC1CCC(C(=O)O)CC1)NC1CCCCCC1O. The number of aliphatic hydroxyl groups excluding tert-OH is 1. The molecule has 0 aromatic heterocycles. The standard InChI is InChI=1S/C15H26N2O4/c18-13-5-3-1-2-4-12(13)17-15(21)16-11-8-6-10(7-9-11)14(19)20/h10-13,18H,1-9H2,(H,19,20)(H2,16,17,21). The lowest BCUT2D eigenvalue weighted by Gasteiger charge is -2.28. The third-order valence-corrected chi connectivity index (χ3v) is 4.71. The van der Waals surface area contributed by atoms with Crippen LogP contribution in [0.1, 0.15) is 57.8 Å². The van der Waals surface area contributed by atoms with Gasteiger partial charge in [0.1, 0.15) is 0 Å². The van der Waals surface area contributed by atoms with E-state index < -0.39 is 12.1 Å². The first-order chi connectivity index (χ1) is 10.1. The number of carboxylic acid groups (broad SMARTS) is 1. The molecule has 2 aliphatic carbocycles. The number of amides is 2. The summed E-state index contributed by atoms with van der Waals surface area (Å²) in [5.41, 5.74) is 0. The summed E-state index contributed by atoms with van der Waals surface area (Å²) in [4.78, 5) is 22.9. The first kappa shape index (κ1) is 16.1. The normalized spacial score (nSPS) is 33.8. The fourth-order valence-electron chi connectivity index (χ4n) is 3.34. The van der Waals surface area contributed by atoms with Gasteiger partial charge in [-0.15, -0.1) is 0 Å². The van der Waals surface area contributed by atoms with E-state index in [-0.39, 0.29) is 24.0 Å². The summed E-state index contributed by atoms with van der Waals surface area (Å²) < 4.78 is 0. The minimum Gasteiger partial charge on any atom is -0.481 e. The Kier molecular flexibility index (Phi) is 5.85. The van der Waals surface area contributed by atoms with Gasteiger partial charge in [-0.2, -0.15) is 0 Å². The summed E-state index contributed by atoms with van der Waals surface area (Å²) in [6, 6.07) is -0.355. The van der Waals surface area contributed by atoms with Gasteiger partial charge in [-0.25, -0.2) is 4.79 Å². The Bertz CT molecular complexity index is 367. The predicted octanol–water partition coefficient (Wildman–Crippen LogP) is 1.62. The summed E-state index contributed by atoms with van der Waals surface area (Å²) in [6.07, 6.45) is 6.91. The average Bonchev–Trinajstić information content (AvgIpc) is 2.65. The molecule has 0 radical (unpaired) electrons. The summed E-state index contributed by atoms with van der Waals surface area (Å²) >= 11 is 0. The number of carboxylic acids is 1. The van der Waals surface area contributed by atoms with Crippen molar-refractivity contribution in [1.82, 2.24) is 10.6 Å². The maximum atomic E-state index is 12.0. The van der Waals surface area contributed by atoms with E-state index in [2.05, 4.69) is 10.6 Å². The first-order valence-corrected chi connectivity index (χ1v) is 8.04. The van der Waals surface area contributed by atoms with Crippen molar-refractivity contribution in [1.29, 1.82) is 0 Å². The first-order valence-electron chi connectivity index (χ1n) is 8.04. The zero-order valence-corrected chi connectivity index (χ0v) is 12.4. The van der Waals surface area contributed by atoms with Gasteiger partial charge in [0.15, 0.2) is 0 Å². The van der Waals surface area contributed by atoms with Crippen LogP contribution in [0, 0.1) is 5.92 Å². The Balaban J connectivity index is 1.73. The van der Waals surface area contributed by atoms with Crippen molar-refractivity contribution in [3.05, 3.63) is 0 Å². The molecule has 2 aliphatic rings. The Morgan fingerprint density at radius 3 is 2.19 bits per heavy atom. The second kappa shape index (κ2) is 7.64. The summed E-state index contributed by atoms with van der Waals surface area (Å²) in [5, 5.41) is 24.7. The number of aliphatic carboxylic acids is 1. The number of hydrogen-bond acceptors (Lipinski definition) is 3. The van der Waals surface area contributed by atoms with Crippen molar-refractivity contribution >= 4 is 12.0 Å². The second-order valence-corrected chi connectivity index (χ2v) is 6.32. The van der Waals surface area contributed by atoms with Gasteiger partial charge in [0.25, 0.3) is 0 Å². The lowest BCUT2D eigenvalue weighted by atomic mass is 9.86. The van der Waals surface area contributed by atoms with E-state index in [0.29, 0.717) is 25.7 Å². The summed E-state index contributed by atoms with van der Waals surface area (Å²) in [6.45, 7) is 0. The molecular formula is C15H26N2O4. The fraction of sp³-hybridized carbons (Fsp3) is 0.867. The van der Waals surface area contributed by atoms with Crippen molar-refractivity contribution in [2.45, 2.75) is 76.0 Å². The van der Waals surface area contributed by atoms with E-state index in [1.54, 1.807) is 0 Å². The zero-order chi connectivity index (χ0) is 15.2. The molecule has 2 unspecified atom stereocenters. The smallest absolute Gasteiger partial charge is 0.315 e. The molecule has 4 N–H and O–H groups in total. The van der Waals surface area contributed by atoms with Crippen LogP contribution in [-0.2, 0) is 4.79 Å². The van der Waals surface area contributed by atoms with E-state index in [9.17, 15) is 14.7 Å². The van der Waals surface area contributed by atoms with Crippen LogP contribution in [0.15, 0.2) is 0 Å². The van der Waals surface area contributed by atoms with Gasteiger partial charge in [-0.3, -0.25) is 4.79 Å². The highest BCUT2D eigenvalue weighted by molar-refractivity contribution is 5.75. The van der Waals surface area contributed by atoms with Crippen LogP contribution in [0.3, 0.4) is 0 Å². The maximum absolute atomic E-state index is 12.0. The molecule has 6 nitrogen and oxygen atoms in total. The van der Waals surface area contributed by atoms with Crippen LogP contribution in [0.4, 0.5) is 4.79 Å². The van der Waals surface area contributed by atoms with Crippen LogP contribution in [0.2, 0.25) is 0 Å². The molecule has 21 heavy (non-hydrogen) atoms. The van der Waals surface area contributed by atoms with E-state index in [0.717, 1.165) is 32.1 Å². The highest BCUT2D eigenvalue weighted by atomic mass is 16.4.